The van der Waals surface area contributed by atoms with Crippen molar-refractivity contribution in [2.45, 2.75) is 57.0 Å². The van der Waals surface area contributed by atoms with Gasteiger partial charge in [-0.2, -0.15) is 0 Å². The second kappa shape index (κ2) is 8.68. The zero-order valence-electron chi connectivity index (χ0n) is 11.4. The first kappa shape index (κ1) is 16.6. The Morgan fingerprint density at radius 3 is 2.58 bits per heavy atom. The molecule has 1 heterocycles. The topological polar surface area (TPSA) is 66.4 Å². The molecule has 0 saturated heterocycles. The second-order valence-electron chi connectivity index (χ2n) is 4.53. The first-order valence-corrected chi connectivity index (χ1v) is 9.15. The summed E-state index contributed by atoms with van der Waals surface area (Å²) < 4.78 is 26.6. The number of sulfonamides is 1. The van der Waals surface area contributed by atoms with Crippen molar-refractivity contribution in [2.24, 2.45) is 0 Å². The Bertz CT molecular complexity index is 454. The minimum Gasteiger partial charge on any atom is -0.391 e. The highest BCUT2D eigenvalue weighted by molar-refractivity contribution is 7.89. The standard InChI is InChI=1S/C13H23NO3S2/c1-2-3-4-5-6-7-9-14-19(16,17)13-8-10-18-12(13)11-15/h8,10,14-15H,2-7,9,11H2,1H3. The number of hydrogen-bond donors (Lipinski definition) is 2. The van der Waals surface area contributed by atoms with Crippen LogP contribution in [0.1, 0.15) is 50.3 Å². The van der Waals surface area contributed by atoms with Gasteiger partial charge in [-0.3, -0.25) is 0 Å². The average Bonchev–Trinajstić information content (AvgIpc) is 2.87. The molecule has 0 saturated carbocycles. The Labute approximate surface area is 119 Å². The molecular weight excluding hydrogens is 282 g/mol. The maximum absolute atomic E-state index is 12.0. The molecule has 1 aromatic rings. The van der Waals surface area contributed by atoms with Crippen LogP contribution in [0.2, 0.25) is 0 Å². The Kier molecular flexibility index (Phi) is 7.60. The van der Waals surface area contributed by atoms with Gasteiger partial charge in [0.05, 0.1) is 11.5 Å². The zero-order chi connectivity index (χ0) is 14.1. The third-order valence-corrected chi connectivity index (χ3v) is 5.54. The molecule has 1 rings (SSSR count). The molecular formula is C13H23NO3S2. The molecule has 0 atom stereocenters. The maximum atomic E-state index is 12.0. The summed E-state index contributed by atoms with van der Waals surface area (Å²) in [6, 6.07) is 1.54. The van der Waals surface area contributed by atoms with Gasteiger partial charge in [0, 0.05) is 11.4 Å². The summed E-state index contributed by atoms with van der Waals surface area (Å²) in [7, 11) is -3.46. The molecule has 0 radical (unpaired) electrons. The van der Waals surface area contributed by atoms with E-state index < -0.39 is 10.0 Å². The van der Waals surface area contributed by atoms with Crippen LogP contribution in [0.3, 0.4) is 0 Å². The smallest absolute Gasteiger partial charge is 0.241 e. The minimum atomic E-state index is -3.46. The molecule has 6 heteroatoms. The first-order chi connectivity index (χ1) is 9.11. The van der Waals surface area contributed by atoms with Crippen molar-refractivity contribution >= 4 is 21.4 Å². The number of rotatable bonds is 10. The lowest BCUT2D eigenvalue weighted by molar-refractivity contribution is 0.282. The van der Waals surface area contributed by atoms with Crippen LogP contribution < -0.4 is 4.72 Å². The first-order valence-electron chi connectivity index (χ1n) is 6.78. The van der Waals surface area contributed by atoms with Crippen LogP contribution in [0.25, 0.3) is 0 Å². The summed E-state index contributed by atoms with van der Waals surface area (Å²) in [6.07, 6.45) is 6.77. The lowest BCUT2D eigenvalue weighted by atomic mass is 10.1. The normalized spacial score (nSPS) is 11.9. The summed E-state index contributed by atoms with van der Waals surface area (Å²) in [5.74, 6) is 0. The molecule has 0 bridgehead atoms. The minimum absolute atomic E-state index is 0.214. The van der Waals surface area contributed by atoms with Crippen molar-refractivity contribution in [2.75, 3.05) is 6.54 Å². The summed E-state index contributed by atoms with van der Waals surface area (Å²) in [4.78, 5) is 0.710. The molecule has 0 aliphatic heterocycles. The monoisotopic (exact) mass is 305 g/mol. The second-order valence-corrected chi connectivity index (χ2v) is 7.27. The van der Waals surface area contributed by atoms with E-state index in [9.17, 15) is 8.42 Å². The van der Waals surface area contributed by atoms with Crippen molar-refractivity contribution in [3.63, 3.8) is 0 Å². The van der Waals surface area contributed by atoms with Crippen molar-refractivity contribution in [3.8, 4) is 0 Å². The van der Waals surface area contributed by atoms with E-state index in [1.165, 1.54) is 30.6 Å². The molecule has 1 aromatic heterocycles. The van der Waals surface area contributed by atoms with Gasteiger partial charge in [0.15, 0.2) is 0 Å². The van der Waals surface area contributed by atoms with E-state index in [1.807, 2.05) is 0 Å². The van der Waals surface area contributed by atoms with Crippen LogP contribution in [0, 0.1) is 0 Å². The summed E-state index contributed by atoms with van der Waals surface area (Å²) in [5.41, 5.74) is 0. The van der Waals surface area contributed by atoms with Crippen LogP contribution in [0.5, 0.6) is 0 Å². The van der Waals surface area contributed by atoms with E-state index in [0.29, 0.717) is 11.4 Å². The molecule has 0 fully saturated rings. The number of hydrogen-bond acceptors (Lipinski definition) is 4. The summed E-state index contributed by atoms with van der Waals surface area (Å²) >= 11 is 1.26. The molecule has 0 aliphatic rings. The predicted molar refractivity (Wildman–Crippen MR) is 78.8 cm³/mol. The van der Waals surface area contributed by atoms with E-state index in [0.717, 1.165) is 19.3 Å². The van der Waals surface area contributed by atoms with Gasteiger partial charge in [0.1, 0.15) is 0 Å². The van der Waals surface area contributed by atoms with Gasteiger partial charge < -0.3 is 5.11 Å². The molecule has 0 aliphatic carbocycles. The van der Waals surface area contributed by atoms with Crippen molar-refractivity contribution in [1.29, 1.82) is 0 Å². The quantitative estimate of drug-likeness (QED) is 0.653. The molecule has 19 heavy (non-hydrogen) atoms. The molecule has 2 N–H and O–H groups in total. The van der Waals surface area contributed by atoms with Gasteiger partial charge in [-0.25, -0.2) is 13.1 Å². The molecule has 110 valence electrons. The third kappa shape index (κ3) is 5.60. The third-order valence-electron chi connectivity index (χ3n) is 2.96. The fourth-order valence-electron chi connectivity index (χ4n) is 1.87. The van der Waals surface area contributed by atoms with Crippen molar-refractivity contribution in [3.05, 3.63) is 16.3 Å². The van der Waals surface area contributed by atoms with Crippen molar-refractivity contribution in [1.82, 2.24) is 4.72 Å². The van der Waals surface area contributed by atoms with Crippen LogP contribution in [0.15, 0.2) is 16.3 Å². The highest BCUT2D eigenvalue weighted by Gasteiger charge is 2.18. The lowest BCUT2D eigenvalue weighted by Gasteiger charge is -2.06. The van der Waals surface area contributed by atoms with Crippen LogP contribution >= 0.6 is 11.3 Å². The average molecular weight is 305 g/mol. The Balaban J connectivity index is 2.32. The number of thiophene rings is 1. The molecule has 0 unspecified atom stereocenters. The van der Waals surface area contributed by atoms with Gasteiger partial charge in [-0.05, 0) is 17.9 Å². The number of unbranched alkanes of at least 4 members (excludes halogenated alkanes) is 5. The fourth-order valence-corrected chi connectivity index (χ4v) is 4.24. The lowest BCUT2D eigenvalue weighted by Crippen LogP contribution is -2.25. The Morgan fingerprint density at radius 2 is 1.89 bits per heavy atom. The highest BCUT2D eigenvalue weighted by Crippen LogP contribution is 2.21. The van der Waals surface area contributed by atoms with E-state index >= 15 is 0 Å². The van der Waals surface area contributed by atoms with Crippen LogP contribution in [-0.4, -0.2) is 20.1 Å². The van der Waals surface area contributed by atoms with Gasteiger partial charge >= 0.3 is 0 Å². The van der Waals surface area contributed by atoms with Crippen molar-refractivity contribution < 1.29 is 13.5 Å². The fraction of sp³-hybridized carbons (Fsp3) is 0.692. The molecule has 0 amide bonds. The SMILES string of the molecule is CCCCCCCCNS(=O)(=O)c1ccsc1CO. The van der Waals surface area contributed by atoms with E-state index in [-0.39, 0.29) is 11.5 Å². The highest BCUT2D eigenvalue weighted by atomic mass is 32.2. The van der Waals surface area contributed by atoms with Gasteiger partial charge in [0.2, 0.25) is 10.0 Å². The van der Waals surface area contributed by atoms with Gasteiger partial charge in [-0.1, -0.05) is 39.0 Å². The van der Waals surface area contributed by atoms with E-state index in [4.69, 9.17) is 5.11 Å². The molecule has 0 spiro atoms. The molecule has 0 aromatic carbocycles. The Hall–Kier alpha value is -0.430. The largest absolute Gasteiger partial charge is 0.391 e. The van der Waals surface area contributed by atoms with Gasteiger partial charge in [0.25, 0.3) is 0 Å². The van der Waals surface area contributed by atoms with E-state index in [2.05, 4.69) is 11.6 Å². The predicted octanol–water partition coefficient (Wildman–Crippen LogP) is 2.88. The van der Waals surface area contributed by atoms with Gasteiger partial charge in [-0.15, -0.1) is 11.3 Å². The summed E-state index contributed by atoms with van der Waals surface area (Å²) in [6.45, 7) is 2.41. The van der Waals surface area contributed by atoms with Crippen LogP contribution in [-0.2, 0) is 16.6 Å². The van der Waals surface area contributed by atoms with Crippen LogP contribution in [0.4, 0.5) is 0 Å². The summed E-state index contributed by atoms with van der Waals surface area (Å²) in [5, 5.41) is 10.8. The maximum Gasteiger partial charge on any atom is 0.241 e. The van der Waals surface area contributed by atoms with E-state index in [1.54, 1.807) is 11.4 Å². The number of aliphatic hydroxyl groups excluding tert-OH is 1. The number of nitrogens with one attached hydrogen (secondary N) is 1. The molecule has 4 nitrogen and oxygen atoms in total. The Morgan fingerprint density at radius 1 is 1.21 bits per heavy atom. The zero-order valence-corrected chi connectivity index (χ0v) is 13.0. The number of aliphatic hydroxyl groups is 1.